The lowest BCUT2D eigenvalue weighted by Gasteiger charge is -2.28. The first-order valence-electron chi connectivity index (χ1n) is 23.3. The summed E-state index contributed by atoms with van der Waals surface area (Å²) in [4.78, 5) is 15.8. The van der Waals surface area contributed by atoms with E-state index in [-0.39, 0.29) is 10.8 Å². The summed E-state index contributed by atoms with van der Waals surface area (Å²) in [6.45, 7) is 9.59. The smallest absolute Gasteiger partial charge is 0.164 e. The number of aromatic nitrogens is 4. The van der Waals surface area contributed by atoms with Crippen molar-refractivity contribution < 1.29 is 0 Å². The number of benzene rings is 7. The van der Waals surface area contributed by atoms with E-state index < -0.39 is 0 Å². The molecule has 4 nitrogen and oxygen atoms in total. The lowest BCUT2D eigenvalue weighted by atomic mass is 9.61. The molecular formula is C51H48B10N4. The van der Waals surface area contributed by atoms with Gasteiger partial charge in [0.1, 0.15) is 78.5 Å². The van der Waals surface area contributed by atoms with Crippen molar-refractivity contribution in [2.75, 3.05) is 0 Å². The van der Waals surface area contributed by atoms with Crippen molar-refractivity contribution in [3.8, 4) is 62.1 Å². The van der Waals surface area contributed by atoms with Crippen molar-refractivity contribution in [3.63, 3.8) is 0 Å². The molecule has 0 spiro atoms. The molecule has 0 radical (unpaired) electrons. The molecular weight excluding hydrogens is 777 g/mol. The minimum Gasteiger partial charge on any atom is -0.310 e. The van der Waals surface area contributed by atoms with Gasteiger partial charge >= 0.3 is 0 Å². The largest absolute Gasteiger partial charge is 0.310 e. The van der Waals surface area contributed by atoms with E-state index in [1.807, 2.05) is 6.07 Å². The van der Waals surface area contributed by atoms with E-state index in [9.17, 15) is 0 Å². The highest BCUT2D eigenvalue weighted by Gasteiger charge is 2.43. The van der Waals surface area contributed by atoms with E-state index in [1.165, 1.54) is 121 Å². The molecule has 0 saturated heterocycles. The van der Waals surface area contributed by atoms with Gasteiger partial charge in [0.25, 0.3) is 0 Å². The molecule has 14 heteroatoms. The Morgan fingerprint density at radius 2 is 0.892 bits per heavy atom. The highest BCUT2D eigenvalue weighted by Crippen LogP contribution is 2.51. The van der Waals surface area contributed by atoms with Crippen LogP contribution >= 0.6 is 0 Å². The Morgan fingerprint density at radius 1 is 0.385 bits per heavy atom. The van der Waals surface area contributed by atoms with Crippen molar-refractivity contribution >= 4 is 155 Å². The molecule has 2 aliphatic rings. The summed E-state index contributed by atoms with van der Waals surface area (Å²) in [5, 5.41) is 2.72. The lowest BCUT2D eigenvalue weighted by molar-refractivity contribution is 0.660. The summed E-state index contributed by atoms with van der Waals surface area (Å²) in [5.74, 6) is 1.98. The van der Waals surface area contributed by atoms with Crippen LogP contribution in [0.2, 0.25) is 0 Å². The van der Waals surface area contributed by atoms with E-state index in [0.717, 1.165) is 22.4 Å². The Kier molecular flexibility index (Phi) is 9.14. The summed E-state index contributed by atoms with van der Waals surface area (Å²) in [6.07, 6.45) is 0. The third kappa shape index (κ3) is 5.61. The van der Waals surface area contributed by atoms with Crippen molar-refractivity contribution in [3.05, 3.63) is 119 Å². The predicted octanol–water partition coefficient (Wildman–Crippen LogP) is -4.83. The normalized spacial score (nSPS) is 14.1. The lowest BCUT2D eigenvalue weighted by Crippen LogP contribution is -2.51. The SMILES string of the molecule is Bc1c(B)c(B)c2c(c1B)-c1c(B)c(B)c3c4c(B)c(B)c(B)c(B)c4n(-c4cccc(-c5nc(-c6ccccc6)nc(-c6ccc7c(c6)C(C)(C)c6ccccc6-7)n5)c4)c3c1C2(C)C. The average Bonchev–Trinajstić information content (AvgIpc) is 3.88. The quantitative estimate of drug-likeness (QED) is 0.168. The molecule has 2 aromatic heterocycles. The van der Waals surface area contributed by atoms with Crippen LogP contribution in [0.15, 0.2) is 97.1 Å². The van der Waals surface area contributed by atoms with E-state index in [0.29, 0.717) is 17.5 Å². The molecule has 0 fully saturated rings. The van der Waals surface area contributed by atoms with Gasteiger partial charge < -0.3 is 4.57 Å². The van der Waals surface area contributed by atoms with Gasteiger partial charge in [-0.3, -0.25) is 0 Å². The van der Waals surface area contributed by atoms with Gasteiger partial charge in [0, 0.05) is 44.1 Å². The topological polar surface area (TPSA) is 43.6 Å². The molecule has 0 bridgehead atoms. The summed E-state index contributed by atoms with van der Waals surface area (Å²) >= 11 is 0. The fourth-order valence-corrected chi connectivity index (χ4v) is 12.2. The fraction of sp³-hybridized carbons (Fsp3) is 0.118. The molecule has 2 heterocycles. The molecule has 11 rings (SSSR count). The zero-order chi connectivity index (χ0) is 45.8. The number of fused-ring (bicyclic) bond motifs is 10. The maximum atomic E-state index is 5.36. The number of hydrogen-bond donors (Lipinski definition) is 0. The second-order valence-corrected chi connectivity index (χ2v) is 20.3. The summed E-state index contributed by atoms with van der Waals surface area (Å²) in [6, 6.07) is 34.8. The Hall–Kier alpha value is -6.00. The standard InChI is InChI=1S/C51H48B10N4/c1-50(2)27-16-9-8-15-25(27)26-18-17-23(20-28(26)50)49-63-47(21-11-6-5-7-12-21)62-48(64-49)22-13-10-14-24(19-22)65-45-31(32-38(55)41(58)43(60)44(61)46(32)65)37(54)35(52)30-29-33(51(3,4)34(30)45)39(56)42(59)40(57)36(29)53/h5-20H,52-61H2,1-4H3. The molecule has 302 valence electrons. The van der Waals surface area contributed by atoms with E-state index >= 15 is 0 Å². The molecule has 0 N–H and O–H groups in total. The third-order valence-electron chi connectivity index (χ3n) is 16.4. The van der Waals surface area contributed by atoms with Crippen LogP contribution in [-0.2, 0) is 10.8 Å². The molecule has 65 heavy (non-hydrogen) atoms. The highest BCUT2D eigenvalue weighted by molar-refractivity contribution is 6.69. The van der Waals surface area contributed by atoms with E-state index in [4.69, 9.17) is 15.0 Å². The number of hydrogen-bond acceptors (Lipinski definition) is 3. The highest BCUT2D eigenvalue weighted by atomic mass is 15.0. The van der Waals surface area contributed by atoms with Crippen molar-refractivity contribution in [1.82, 2.24) is 19.5 Å². The van der Waals surface area contributed by atoms with Gasteiger partial charge in [-0.1, -0.05) is 145 Å². The van der Waals surface area contributed by atoms with Gasteiger partial charge in [0.15, 0.2) is 17.5 Å². The summed E-state index contributed by atoms with van der Waals surface area (Å²) < 4.78 is 2.62. The summed E-state index contributed by atoms with van der Waals surface area (Å²) in [5.41, 5.74) is 30.9. The Balaban J connectivity index is 1.20. The molecule has 0 aliphatic heterocycles. The minimum atomic E-state index is -0.246. The van der Waals surface area contributed by atoms with Gasteiger partial charge in [-0.25, -0.2) is 15.0 Å². The van der Waals surface area contributed by atoms with Crippen LogP contribution in [-0.4, -0.2) is 98.0 Å². The molecule has 0 atom stereocenters. The van der Waals surface area contributed by atoms with Gasteiger partial charge in [-0.15, -0.1) is 16.4 Å². The molecule has 9 aromatic rings. The van der Waals surface area contributed by atoms with Crippen LogP contribution < -0.4 is 54.6 Å². The monoisotopic (exact) mass is 826 g/mol. The minimum absolute atomic E-state index is 0.147. The van der Waals surface area contributed by atoms with Crippen LogP contribution in [0.1, 0.15) is 49.9 Å². The maximum Gasteiger partial charge on any atom is 0.164 e. The zero-order valence-electron chi connectivity index (χ0n) is 40.5. The van der Waals surface area contributed by atoms with E-state index in [1.54, 1.807) is 0 Å². The Morgan fingerprint density at radius 3 is 1.60 bits per heavy atom. The zero-order valence-corrected chi connectivity index (χ0v) is 40.5. The first-order chi connectivity index (χ1) is 30.9. The van der Waals surface area contributed by atoms with Crippen LogP contribution in [0.3, 0.4) is 0 Å². The van der Waals surface area contributed by atoms with Gasteiger partial charge in [-0.2, -0.15) is 0 Å². The van der Waals surface area contributed by atoms with Gasteiger partial charge in [0.2, 0.25) is 0 Å². The summed E-state index contributed by atoms with van der Waals surface area (Å²) in [7, 11) is 23.3. The fourth-order valence-electron chi connectivity index (χ4n) is 12.2. The maximum absolute atomic E-state index is 5.36. The Labute approximate surface area is 392 Å². The second kappa shape index (κ2) is 14.2. The van der Waals surface area contributed by atoms with Crippen molar-refractivity contribution in [1.29, 1.82) is 0 Å². The first-order valence-corrected chi connectivity index (χ1v) is 23.3. The molecule has 0 amide bonds. The number of rotatable bonds is 4. The van der Waals surface area contributed by atoms with Crippen LogP contribution in [0.4, 0.5) is 0 Å². The van der Waals surface area contributed by atoms with Crippen LogP contribution in [0.25, 0.3) is 83.9 Å². The van der Waals surface area contributed by atoms with Crippen LogP contribution in [0.5, 0.6) is 0 Å². The van der Waals surface area contributed by atoms with Gasteiger partial charge in [-0.05, 0) is 68.1 Å². The van der Waals surface area contributed by atoms with E-state index in [2.05, 4.69) is 202 Å². The number of nitrogens with zero attached hydrogens (tertiary/aromatic N) is 4. The molecule has 7 aromatic carbocycles. The van der Waals surface area contributed by atoms with Crippen LogP contribution in [0, 0.1) is 0 Å². The van der Waals surface area contributed by atoms with Crippen molar-refractivity contribution in [2.45, 2.75) is 38.5 Å². The molecule has 2 aliphatic carbocycles. The second-order valence-electron chi connectivity index (χ2n) is 20.3. The van der Waals surface area contributed by atoms with Crippen molar-refractivity contribution in [2.24, 2.45) is 0 Å². The molecule has 0 saturated carbocycles. The average molecular weight is 825 g/mol. The Bertz CT molecular complexity index is 3620. The third-order valence-corrected chi connectivity index (χ3v) is 16.4. The first kappa shape index (κ1) is 41.7. The predicted molar refractivity (Wildman–Crippen MR) is 307 cm³/mol. The van der Waals surface area contributed by atoms with Gasteiger partial charge in [0.05, 0.1) is 5.52 Å². The molecule has 0 unspecified atom stereocenters.